The first-order chi connectivity index (χ1) is 22.9. The molecule has 47 heavy (non-hydrogen) atoms. The van der Waals surface area contributed by atoms with Crippen molar-refractivity contribution in [2.24, 2.45) is 10.3 Å². The molecule has 2 aliphatic rings. The number of fused-ring (bicyclic) bond motifs is 2. The lowest BCUT2D eigenvalue weighted by Gasteiger charge is -2.19. The Morgan fingerprint density at radius 2 is 1.85 bits per heavy atom. The van der Waals surface area contributed by atoms with Crippen molar-refractivity contribution in [1.29, 1.82) is 0 Å². The van der Waals surface area contributed by atoms with Crippen molar-refractivity contribution in [1.82, 2.24) is 15.0 Å². The number of hydrogen-bond acceptors (Lipinski definition) is 10. The first-order valence-electron chi connectivity index (χ1n) is 14.8. The van der Waals surface area contributed by atoms with Crippen LogP contribution in [0, 0.1) is 13.8 Å². The van der Waals surface area contributed by atoms with Crippen LogP contribution in [0.2, 0.25) is 5.02 Å². The number of pyridine rings is 1. The molecule has 1 unspecified atom stereocenters. The highest BCUT2D eigenvalue weighted by Crippen LogP contribution is 2.52. The molecule has 2 aromatic carbocycles. The van der Waals surface area contributed by atoms with Crippen LogP contribution in [0.4, 0.5) is 0 Å². The summed E-state index contributed by atoms with van der Waals surface area (Å²) in [6, 6.07) is 13.3. The number of nitrogens with zero attached hydrogens (tertiary/aromatic N) is 4. The van der Waals surface area contributed by atoms with Crippen LogP contribution in [0.3, 0.4) is 0 Å². The molecule has 5 heterocycles. The van der Waals surface area contributed by atoms with E-state index in [-0.39, 0.29) is 18.8 Å². The van der Waals surface area contributed by atoms with E-state index in [0.717, 1.165) is 38.4 Å². The maximum absolute atomic E-state index is 13.7. The number of nitrogens with one attached hydrogen (secondary N) is 1. The number of hydrogen-bond donors (Lipinski definition) is 1. The third-order valence-corrected chi connectivity index (χ3v) is 9.33. The van der Waals surface area contributed by atoms with Gasteiger partial charge in [-0.2, -0.15) is 5.10 Å². The molecule has 0 fully saturated rings. The number of carbonyl (C=O) groups is 1. The fraction of sp³-hybridized carbons (Fsp3) is 0.235. The molecule has 240 valence electrons. The van der Waals surface area contributed by atoms with Gasteiger partial charge in [-0.05, 0) is 55.3 Å². The van der Waals surface area contributed by atoms with E-state index in [9.17, 15) is 4.79 Å². The molecule has 0 saturated carbocycles. The second kappa shape index (κ2) is 12.6. The average Bonchev–Trinajstić information content (AvgIpc) is 3.88. The van der Waals surface area contributed by atoms with E-state index in [0.29, 0.717) is 56.9 Å². The number of aryl methyl sites for hydroxylation is 2. The molecular weight excluding hydrogens is 642 g/mol. The van der Waals surface area contributed by atoms with Gasteiger partial charge < -0.3 is 28.4 Å². The third kappa shape index (κ3) is 5.63. The van der Waals surface area contributed by atoms with E-state index < -0.39 is 0 Å². The summed E-state index contributed by atoms with van der Waals surface area (Å²) < 4.78 is 25.1. The van der Waals surface area contributed by atoms with Crippen LogP contribution in [0.25, 0.3) is 15.9 Å². The van der Waals surface area contributed by atoms with Gasteiger partial charge in [0.25, 0.3) is 5.91 Å². The fourth-order valence-corrected chi connectivity index (χ4v) is 7.29. The maximum Gasteiger partial charge on any atom is 0.283 e. The Morgan fingerprint density at radius 3 is 2.57 bits per heavy atom. The van der Waals surface area contributed by atoms with Crippen molar-refractivity contribution in [3.8, 4) is 28.7 Å². The summed E-state index contributed by atoms with van der Waals surface area (Å²) in [6.45, 7) is 3.97. The minimum Gasteiger partial charge on any atom is -0.492 e. The molecule has 11 nitrogen and oxygen atoms in total. The number of rotatable bonds is 9. The van der Waals surface area contributed by atoms with Gasteiger partial charge in [0.2, 0.25) is 18.3 Å². The van der Waals surface area contributed by atoms with Gasteiger partial charge in [0, 0.05) is 52.5 Å². The molecule has 1 N–H and O–H groups in total. The molecule has 5 aromatic rings. The normalized spacial score (nSPS) is 15.3. The summed E-state index contributed by atoms with van der Waals surface area (Å²) in [4.78, 5) is 25.6. The smallest absolute Gasteiger partial charge is 0.283 e. The van der Waals surface area contributed by atoms with Gasteiger partial charge in [-0.25, -0.2) is 10.4 Å². The second-order valence-corrected chi connectivity index (χ2v) is 12.5. The number of ether oxygens (including phenoxy) is 4. The van der Waals surface area contributed by atoms with Crippen molar-refractivity contribution in [3.05, 3.63) is 92.7 Å². The van der Waals surface area contributed by atoms with Crippen LogP contribution >= 0.6 is 22.9 Å². The summed E-state index contributed by atoms with van der Waals surface area (Å²) >= 11 is 7.40. The number of hydrazone groups is 1. The van der Waals surface area contributed by atoms with Crippen LogP contribution in [-0.4, -0.2) is 54.5 Å². The second-order valence-electron chi connectivity index (χ2n) is 11.0. The first kappa shape index (κ1) is 30.6. The molecule has 0 bridgehead atoms. The predicted octanol–water partition coefficient (Wildman–Crippen LogP) is 6.60. The summed E-state index contributed by atoms with van der Waals surface area (Å²) in [5.74, 6) is 1.30. The van der Waals surface area contributed by atoms with Gasteiger partial charge in [-0.3, -0.25) is 4.79 Å². The summed E-state index contributed by atoms with van der Waals surface area (Å²) in [7, 11) is 3.10. The topological polar surface area (TPSA) is 118 Å². The minimum atomic E-state index is -0.377. The monoisotopic (exact) mass is 671 g/mol. The Morgan fingerprint density at radius 1 is 1.13 bits per heavy atom. The Balaban J connectivity index is 1.22. The van der Waals surface area contributed by atoms with E-state index in [4.69, 9.17) is 40.4 Å². The van der Waals surface area contributed by atoms with Gasteiger partial charge in [0.15, 0.2) is 11.5 Å². The van der Waals surface area contributed by atoms with Gasteiger partial charge in [0.05, 0.1) is 31.8 Å². The van der Waals surface area contributed by atoms with Gasteiger partial charge in [-0.1, -0.05) is 28.9 Å². The van der Waals surface area contributed by atoms with E-state index in [1.54, 1.807) is 7.11 Å². The number of methoxy groups -OCH3 is 2. The summed E-state index contributed by atoms with van der Waals surface area (Å²) in [6.07, 6.45) is 5.96. The van der Waals surface area contributed by atoms with E-state index in [2.05, 4.69) is 15.7 Å². The number of amides is 1. The Hall–Kier alpha value is -5.07. The van der Waals surface area contributed by atoms with Crippen LogP contribution in [0.1, 0.15) is 44.0 Å². The predicted molar refractivity (Wildman–Crippen MR) is 180 cm³/mol. The molecule has 7 rings (SSSR count). The number of aromatic nitrogens is 2. The number of thiophene rings is 1. The van der Waals surface area contributed by atoms with Gasteiger partial charge in [-0.15, -0.1) is 11.3 Å². The number of benzene rings is 2. The Kier molecular flexibility index (Phi) is 8.21. The lowest BCUT2D eigenvalue weighted by atomic mass is 9.95. The van der Waals surface area contributed by atoms with E-state index in [1.165, 1.54) is 24.7 Å². The number of oxime groups is 1. The standard InChI is InChI=1S/C34H30ClN5O6S/c1-18-13-19(2)37-34-26(18)27(40-11-5-6-12-40)32(47-34)33(41)38-36-16-24-23(28(42-3)30-31(29(24)43-4)45-17-44-30)14-22-15-25(39-46-22)20-7-9-21(35)10-8-20/h5-13,16,22H,14-15,17H2,1-4H3,(H,38,41). The SMILES string of the molecule is COc1c(C=NNC(=O)c2sc3nc(C)cc(C)c3c2-n2cccc2)c(CC2CC(c3ccc(Cl)cc3)=NO2)c(OC)c2c1OCO2. The number of carbonyl (C=O) groups excluding carboxylic acids is 1. The quantitative estimate of drug-likeness (QED) is 0.139. The minimum absolute atomic E-state index is 0.00358. The molecule has 3 aromatic heterocycles. The van der Waals surface area contributed by atoms with Gasteiger partial charge in [0.1, 0.15) is 15.8 Å². The molecular formula is C34H30ClN5O6S. The number of halogens is 1. The van der Waals surface area contributed by atoms with Crippen molar-refractivity contribution >= 4 is 51.0 Å². The molecule has 0 aliphatic carbocycles. The molecule has 1 amide bonds. The molecule has 0 spiro atoms. The first-order valence-corrected chi connectivity index (χ1v) is 16.0. The maximum atomic E-state index is 13.7. The Labute approximate surface area is 279 Å². The van der Waals surface area contributed by atoms with Crippen molar-refractivity contribution in [2.75, 3.05) is 21.0 Å². The molecule has 0 saturated heterocycles. The molecule has 0 radical (unpaired) electrons. The van der Waals surface area contributed by atoms with E-state index >= 15 is 0 Å². The van der Waals surface area contributed by atoms with Crippen molar-refractivity contribution in [2.45, 2.75) is 32.8 Å². The largest absolute Gasteiger partial charge is 0.492 e. The summed E-state index contributed by atoms with van der Waals surface area (Å²) in [5.41, 5.74) is 8.38. The fourth-order valence-electron chi connectivity index (χ4n) is 5.98. The van der Waals surface area contributed by atoms with Crippen LogP contribution in [-0.2, 0) is 11.3 Å². The van der Waals surface area contributed by atoms with Crippen LogP contribution in [0.5, 0.6) is 23.0 Å². The van der Waals surface area contributed by atoms with Crippen molar-refractivity contribution in [3.63, 3.8) is 0 Å². The van der Waals surface area contributed by atoms with Gasteiger partial charge >= 0.3 is 0 Å². The zero-order valence-electron chi connectivity index (χ0n) is 26.0. The van der Waals surface area contributed by atoms with E-state index in [1.807, 2.05) is 73.3 Å². The van der Waals surface area contributed by atoms with Crippen LogP contribution in [0.15, 0.2) is 65.1 Å². The highest BCUT2D eigenvalue weighted by molar-refractivity contribution is 7.21. The Bertz CT molecular complexity index is 2060. The van der Waals surface area contributed by atoms with Crippen LogP contribution < -0.4 is 24.4 Å². The molecule has 2 aliphatic heterocycles. The highest BCUT2D eigenvalue weighted by Gasteiger charge is 2.34. The molecule has 1 atom stereocenters. The lowest BCUT2D eigenvalue weighted by Crippen LogP contribution is -2.19. The van der Waals surface area contributed by atoms with Crippen molar-refractivity contribution < 1.29 is 28.6 Å². The summed E-state index contributed by atoms with van der Waals surface area (Å²) in [5, 5.41) is 10.3. The zero-order chi connectivity index (χ0) is 32.7. The molecule has 13 heteroatoms. The lowest BCUT2D eigenvalue weighted by molar-refractivity contribution is 0.0853. The highest BCUT2D eigenvalue weighted by atomic mass is 35.5. The average molecular weight is 672 g/mol. The zero-order valence-corrected chi connectivity index (χ0v) is 27.6. The third-order valence-electron chi connectivity index (χ3n) is 8.01.